The Labute approximate surface area is 214 Å². The van der Waals surface area contributed by atoms with Crippen LogP contribution in [0.2, 0.25) is 5.02 Å². The van der Waals surface area contributed by atoms with Crippen LogP contribution in [0.4, 0.5) is 0 Å². The Morgan fingerprint density at radius 1 is 1.00 bits per heavy atom. The first-order valence-corrected chi connectivity index (χ1v) is 12.5. The largest absolute Gasteiger partial charge is 0.272 e. The molecule has 0 radical (unpaired) electrons. The summed E-state index contributed by atoms with van der Waals surface area (Å²) in [5, 5.41) is 14.1. The minimum absolute atomic E-state index is 0.0921. The molecule has 178 valence electrons. The fourth-order valence-corrected chi connectivity index (χ4v) is 4.24. The first kappa shape index (κ1) is 24.7. The Hall–Kier alpha value is -3.42. The topological polar surface area (TPSA) is 72.2 Å². The van der Waals surface area contributed by atoms with Gasteiger partial charge in [0.25, 0.3) is 5.91 Å². The van der Waals surface area contributed by atoms with Gasteiger partial charge in [-0.2, -0.15) is 5.10 Å². The summed E-state index contributed by atoms with van der Waals surface area (Å²) in [5.41, 5.74) is 6.63. The van der Waals surface area contributed by atoms with Gasteiger partial charge in [-0.05, 0) is 52.9 Å². The van der Waals surface area contributed by atoms with Gasteiger partial charge in [-0.25, -0.2) is 5.43 Å². The standard InChI is InChI=1S/C27H26ClN5OS/c1-27(2,3)21-13-9-19(10-14-21)17-29-30-24(34)18-35-26-32-31-25(20-11-15-22(28)16-12-20)33(26)23-7-5-4-6-8-23/h4-17H,18H2,1-3H3,(H,30,34)/b29-17+. The number of hydrazone groups is 1. The van der Waals surface area contributed by atoms with E-state index in [0.717, 1.165) is 16.8 Å². The van der Waals surface area contributed by atoms with E-state index in [4.69, 9.17) is 11.6 Å². The zero-order valence-corrected chi connectivity index (χ0v) is 21.3. The fraction of sp³-hybridized carbons (Fsp3) is 0.185. The minimum atomic E-state index is -0.229. The van der Waals surface area contributed by atoms with Crippen molar-refractivity contribution in [2.24, 2.45) is 5.10 Å². The summed E-state index contributed by atoms with van der Waals surface area (Å²) in [4.78, 5) is 12.4. The van der Waals surface area contributed by atoms with Gasteiger partial charge >= 0.3 is 0 Å². The molecule has 0 aliphatic carbocycles. The average molecular weight is 504 g/mol. The van der Waals surface area contributed by atoms with Gasteiger partial charge in [0.1, 0.15) is 0 Å². The molecule has 35 heavy (non-hydrogen) atoms. The van der Waals surface area contributed by atoms with Gasteiger partial charge in [-0.15, -0.1) is 10.2 Å². The number of para-hydroxylation sites is 1. The number of carbonyl (C=O) groups excluding carboxylic acids is 1. The number of nitrogens with one attached hydrogen (secondary N) is 1. The molecule has 3 aromatic carbocycles. The van der Waals surface area contributed by atoms with Crippen LogP contribution in [0.1, 0.15) is 31.9 Å². The molecule has 1 heterocycles. The third kappa shape index (κ3) is 6.38. The SMILES string of the molecule is CC(C)(C)c1ccc(/C=N/NC(=O)CSc2nnc(-c3ccc(Cl)cc3)n2-c2ccccc2)cc1. The van der Waals surface area contributed by atoms with E-state index in [2.05, 4.69) is 53.6 Å². The van der Waals surface area contributed by atoms with Crippen molar-refractivity contribution >= 4 is 35.5 Å². The van der Waals surface area contributed by atoms with Gasteiger partial charge in [0, 0.05) is 16.3 Å². The number of hydrogen-bond acceptors (Lipinski definition) is 5. The highest BCUT2D eigenvalue weighted by Crippen LogP contribution is 2.28. The highest BCUT2D eigenvalue weighted by Gasteiger charge is 2.17. The Kier molecular flexibility index (Phi) is 7.68. The minimum Gasteiger partial charge on any atom is -0.272 e. The normalized spacial score (nSPS) is 11.7. The highest BCUT2D eigenvalue weighted by atomic mass is 35.5. The molecule has 0 saturated carbocycles. The Balaban J connectivity index is 1.44. The van der Waals surface area contributed by atoms with Gasteiger partial charge in [0.15, 0.2) is 11.0 Å². The number of benzene rings is 3. The molecule has 0 aliphatic rings. The Morgan fingerprint density at radius 2 is 1.69 bits per heavy atom. The first-order chi connectivity index (χ1) is 16.8. The van der Waals surface area contributed by atoms with Crippen LogP contribution in [-0.4, -0.2) is 32.6 Å². The number of carbonyl (C=O) groups is 1. The monoisotopic (exact) mass is 503 g/mol. The average Bonchev–Trinajstić information content (AvgIpc) is 3.27. The lowest BCUT2D eigenvalue weighted by Crippen LogP contribution is -2.20. The Morgan fingerprint density at radius 3 is 2.34 bits per heavy atom. The summed E-state index contributed by atoms with van der Waals surface area (Å²) >= 11 is 7.35. The van der Waals surface area contributed by atoms with Gasteiger partial charge in [0.05, 0.1) is 12.0 Å². The van der Waals surface area contributed by atoms with Crippen LogP contribution in [0.15, 0.2) is 89.1 Å². The Bertz CT molecular complexity index is 1310. The molecular formula is C27H26ClN5OS. The smallest absolute Gasteiger partial charge is 0.250 e. The van der Waals surface area contributed by atoms with Crippen molar-refractivity contribution in [3.63, 3.8) is 0 Å². The molecule has 8 heteroatoms. The van der Waals surface area contributed by atoms with Crippen LogP contribution in [0.3, 0.4) is 0 Å². The molecule has 4 aromatic rings. The third-order valence-corrected chi connectivity index (χ3v) is 6.44. The van der Waals surface area contributed by atoms with Crippen molar-refractivity contribution in [1.29, 1.82) is 0 Å². The van der Waals surface area contributed by atoms with Crippen LogP contribution in [0, 0.1) is 0 Å². The highest BCUT2D eigenvalue weighted by molar-refractivity contribution is 7.99. The molecule has 0 aliphatic heterocycles. The quantitative estimate of drug-likeness (QED) is 0.187. The van der Waals surface area contributed by atoms with E-state index in [9.17, 15) is 4.79 Å². The summed E-state index contributed by atoms with van der Waals surface area (Å²) in [7, 11) is 0. The first-order valence-electron chi connectivity index (χ1n) is 11.1. The molecule has 0 saturated heterocycles. The second-order valence-electron chi connectivity index (χ2n) is 8.94. The maximum absolute atomic E-state index is 12.4. The van der Waals surface area contributed by atoms with Crippen molar-refractivity contribution in [3.05, 3.63) is 95.0 Å². The van der Waals surface area contributed by atoms with Crippen molar-refractivity contribution in [1.82, 2.24) is 20.2 Å². The number of nitrogens with zero attached hydrogens (tertiary/aromatic N) is 4. The molecule has 4 rings (SSSR count). The van der Waals surface area contributed by atoms with E-state index < -0.39 is 0 Å². The van der Waals surface area contributed by atoms with Crippen molar-refractivity contribution in [2.45, 2.75) is 31.3 Å². The molecule has 0 spiro atoms. The van der Waals surface area contributed by atoms with Gasteiger partial charge in [-0.3, -0.25) is 9.36 Å². The van der Waals surface area contributed by atoms with Gasteiger partial charge < -0.3 is 0 Å². The van der Waals surface area contributed by atoms with Crippen LogP contribution in [-0.2, 0) is 10.2 Å². The van der Waals surface area contributed by atoms with Crippen LogP contribution >= 0.6 is 23.4 Å². The lowest BCUT2D eigenvalue weighted by atomic mass is 9.87. The van der Waals surface area contributed by atoms with Gasteiger partial charge in [-0.1, -0.05) is 86.6 Å². The van der Waals surface area contributed by atoms with Crippen LogP contribution < -0.4 is 5.43 Å². The second kappa shape index (κ2) is 10.9. The summed E-state index contributed by atoms with van der Waals surface area (Å²) in [6.45, 7) is 6.51. The summed E-state index contributed by atoms with van der Waals surface area (Å²) in [6, 6.07) is 25.4. The molecule has 0 fully saturated rings. The van der Waals surface area contributed by atoms with Crippen molar-refractivity contribution in [2.75, 3.05) is 5.75 Å². The van der Waals surface area contributed by atoms with Crippen LogP contribution in [0.25, 0.3) is 17.1 Å². The predicted octanol–water partition coefficient (Wildman–Crippen LogP) is 6.13. The zero-order chi connectivity index (χ0) is 24.8. The van der Waals surface area contributed by atoms with E-state index in [1.807, 2.05) is 71.3 Å². The number of halogens is 1. The second-order valence-corrected chi connectivity index (χ2v) is 10.3. The van der Waals surface area contributed by atoms with Gasteiger partial charge in [0.2, 0.25) is 0 Å². The summed E-state index contributed by atoms with van der Waals surface area (Å²) < 4.78 is 1.93. The maximum Gasteiger partial charge on any atom is 0.250 e. The number of thioether (sulfide) groups is 1. The van der Waals surface area contributed by atoms with E-state index in [-0.39, 0.29) is 17.1 Å². The molecule has 0 unspecified atom stereocenters. The third-order valence-electron chi connectivity index (χ3n) is 5.26. The lowest BCUT2D eigenvalue weighted by molar-refractivity contribution is -0.118. The molecule has 1 N–H and O–H groups in total. The van der Waals surface area contributed by atoms with E-state index in [0.29, 0.717) is 16.0 Å². The molecule has 0 atom stereocenters. The number of aromatic nitrogens is 3. The summed E-state index contributed by atoms with van der Waals surface area (Å²) in [6.07, 6.45) is 1.64. The predicted molar refractivity (Wildman–Crippen MR) is 143 cm³/mol. The zero-order valence-electron chi connectivity index (χ0n) is 19.8. The van der Waals surface area contributed by atoms with E-state index >= 15 is 0 Å². The summed E-state index contributed by atoms with van der Waals surface area (Å²) in [5.74, 6) is 0.590. The van der Waals surface area contributed by atoms with E-state index in [1.54, 1.807) is 6.21 Å². The van der Waals surface area contributed by atoms with Crippen molar-refractivity contribution in [3.8, 4) is 17.1 Å². The molecule has 1 aromatic heterocycles. The van der Waals surface area contributed by atoms with Crippen LogP contribution in [0.5, 0.6) is 0 Å². The molecular weight excluding hydrogens is 478 g/mol. The van der Waals surface area contributed by atoms with E-state index in [1.165, 1.54) is 17.3 Å². The number of rotatable bonds is 7. The maximum atomic E-state index is 12.4. The molecule has 0 bridgehead atoms. The number of amides is 1. The van der Waals surface area contributed by atoms with Crippen molar-refractivity contribution < 1.29 is 4.79 Å². The fourth-order valence-electron chi connectivity index (χ4n) is 3.37. The molecule has 6 nitrogen and oxygen atoms in total. The molecule has 1 amide bonds. The number of hydrogen-bond donors (Lipinski definition) is 1. The lowest BCUT2D eigenvalue weighted by Gasteiger charge is -2.18.